The number of anilines is 1. The molecule has 2 heterocycles. The molecule has 2 aliphatic heterocycles. The highest BCUT2D eigenvalue weighted by Gasteiger charge is 2.29. The van der Waals surface area contributed by atoms with E-state index in [0.717, 1.165) is 72.6 Å². The highest BCUT2D eigenvalue weighted by atomic mass is 32.2. The van der Waals surface area contributed by atoms with Gasteiger partial charge in [0.25, 0.3) is 5.91 Å². The molecule has 2 fully saturated rings. The molecule has 2 saturated heterocycles. The van der Waals surface area contributed by atoms with E-state index in [4.69, 9.17) is 0 Å². The second-order valence-electron chi connectivity index (χ2n) is 10.4. The number of hydrogen-bond acceptors (Lipinski definition) is 6. The fourth-order valence-corrected chi connectivity index (χ4v) is 6.39. The summed E-state index contributed by atoms with van der Waals surface area (Å²) in [7, 11) is 0. The summed E-state index contributed by atoms with van der Waals surface area (Å²) in [5, 5.41) is 8.57. The van der Waals surface area contributed by atoms with Gasteiger partial charge in [0.15, 0.2) is 0 Å². The van der Waals surface area contributed by atoms with Crippen LogP contribution in [0.5, 0.6) is 0 Å². The first-order chi connectivity index (χ1) is 18.5. The van der Waals surface area contributed by atoms with E-state index in [1.54, 1.807) is 11.9 Å². The molecule has 1 unspecified atom stereocenters. The highest BCUT2D eigenvalue weighted by molar-refractivity contribution is 7.97. The van der Waals surface area contributed by atoms with Gasteiger partial charge in [-0.1, -0.05) is 49.4 Å². The Labute approximate surface area is 229 Å². The van der Waals surface area contributed by atoms with Crippen LogP contribution < -0.4 is 15.4 Å². The number of nitrogens with one attached hydrogen (secondary N) is 3. The maximum atomic E-state index is 13.0. The minimum atomic E-state index is -0.0983. The maximum Gasteiger partial charge on any atom is 0.255 e. The Kier molecular flexibility index (Phi) is 8.64. The van der Waals surface area contributed by atoms with Gasteiger partial charge < -0.3 is 15.5 Å². The van der Waals surface area contributed by atoms with Crippen molar-refractivity contribution in [3.63, 3.8) is 0 Å². The van der Waals surface area contributed by atoms with E-state index in [9.17, 15) is 9.59 Å². The number of aryl methyl sites for hydroxylation is 1. The molecule has 3 N–H and O–H groups in total. The molecule has 3 aromatic rings. The van der Waals surface area contributed by atoms with Gasteiger partial charge in [-0.3, -0.25) is 19.2 Å². The van der Waals surface area contributed by atoms with E-state index < -0.39 is 0 Å². The standard InChI is InChI=1S/C30H37N5O2S/c1-21-7-3-4-8-23(21)30(37)32-27-11-12-28(25-10-6-5-9-24(25)27)38-33-26-13-16-35(19-22(26)2)29(36)20-34-17-14-31-15-18-34/h3-12,22,26,31,33H,13-20H2,1-2H3,(H,32,37)/t22-,26?/m1/s1. The Morgan fingerprint density at radius 1 is 0.974 bits per heavy atom. The zero-order chi connectivity index (χ0) is 26.5. The molecule has 7 nitrogen and oxygen atoms in total. The van der Waals surface area contributed by atoms with Gasteiger partial charge in [-0.25, -0.2) is 0 Å². The van der Waals surface area contributed by atoms with Crippen LogP contribution in [-0.4, -0.2) is 73.5 Å². The van der Waals surface area contributed by atoms with E-state index in [1.165, 1.54) is 0 Å². The summed E-state index contributed by atoms with van der Waals surface area (Å²) in [6, 6.07) is 20.2. The number of nitrogens with zero attached hydrogens (tertiary/aromatic N) is 2. The number of piperazine rings is 1. The van der Waals surface area contributed by atoms with Crippen molar-refractivity contribution >= 4 is 40.2 Å². The van der Waals surface area contributed by atoms with Gasteiger partial charge in [0.2, 0.25) is 5.91 Å². The van der Waals surface area contributed by atoms with Gasteiger partial charge in [0.1, 0.15) is 0 Å². The normalized spacial score (nSPS) is 20.4. The molecule has 0 radical (unpaired) electrons. The monoisotopic (exact) mass is 531 g/mol. The number of amides is 2. The molecule has 2 atom stereocenters. The lowest BCUT2D eigenvalue weighted by Gasteiger charge is -2.38. The summed E-state index contributed by atoms with van der Waals surface area (Å²) < 4.78 is 3.69. The largest absolute Gasteiger partial charge is 0.341 e. The molecule has 2 amide bonds. The first-order valence-corrected chi connectivity index (χ1v) is 14.3. The van der Waals surface area contributed by atoms with Gasteiger partial charge in [0.05, 0.1) is 6.54 Å². The van der Waals surface area contributed by atoms with E-state index in [-0.39, 0.29) is 11.8 Å². The average molecular weight is 532 g/mol. The Bertz CT molecular complexity index is 1290. The van der Waals surface area contributed by atoms with Crippen molar-refractivity contribution in [2.45, 2.75) is 31.2 Å². The molecule has 0 saturated carbocycles. The number of piperidine rings is 1. The molecule has 2 aliphatic rings. The van der Waals surface area contributed by atoms with Gasteiger partial charge in [-0.2, -0.15) is 0 Å². The quantitative estimate of drug-likeness (QED) is 0.398. The predicted octanol–water partition coefficient (Wildman–Crippen LogP) is 4.14. The fraction of sp³-hybridized carbons (Fsp3) is 0.400. The zero-order valence-corrected chi connectivity index (χ0v) is 23.0. The second-order valence-corrected chi connectivity index (χ2v) is 11.3. The molecule has 5 rings (SSSR count). The third-order valence-corrected chi connectivity index (χ3v) is 8.67. The minimum absolute atomic E-state index is 0.0983. The lowest BCUT2D eigenvalue weighted by Crippen LogP contribution is -2.53. The Morgan fingerprint density at radius 3 is 2.47 bits per heavy atom. The molecule has 200 valence electrons. The zero-order valence-electron chi connectivity index (χ0n) is 22.2. The van der Waals surface area contributed by atoms with E-state index in [2.05, 4.69) is 45.4 Å². The van der Waals surface area contributed by atoms with Crippen LogP contribution in [0.1, 0.15) is 29.3 Å². The minimum Gasteiger partial charge on any atom is -0.341 e. The summed E-state index contributed by atoms with van der Waals surface area (Å²) in [6.45, 7) is 10.1. The highest BCUT2D eigenvalue weighted by Crippen LogP contribution is 2.33. The molecule has 0 aromatic heterocycles. The van der Waals surface area contributed by atoms with Crippen molar-refractivity contribution in [2.24, 2.45) is 5.92 Å². The predicted molar refractivity (Wildman–Crippen MR) is 156 cm³/mol. The average Bonchev–Trinajstić information content (AvgIpc) is 2.94. The van der Waals surface area contributed by atoms with Crippen molar-refractivity contribution in [2.75, 3.05) is 51.1 Å². The molecule has 3 aromatic carbocycles. The smallest absolute Gasteiger partial charge is 0.255 e. The molecule has 8 heteroatoms. The van der Waals surface area contributed by atoms with Gasteiger partial charge in [-0.15, -0.1) is 0 Å². The van der Waals surface area contributed by atoms with Crippen LogP contribution in [0.15, 0.2) is 65.6 Å². The number of benzene rings is 3. The van der Waals surface area contributed by atoms with E-state index in [0.29, 0.717) is 24.1 Å². The van der Waals surface area contributed by atoms with Crippen molar-refractivity contribution < 1.29 is 9.59 Å². The van der Waals surface area contributed by atoms with Gasteiger partial charge >= 0.3 is 0 Å². The van der Waals surface area contributed by atoms with Gasteiger partial charge in [-0.05, 0) is 60.4 Å². The van der Waals surface area contributed by atoms with Crippen molar-refractivity contribution in [1.82, 2.24) is 19.8 Å². The molecule has 0 aliphatic carbocycles. The van der Waals surface area contributed by atoms with Crippen molar-refractivity contribution in [3.05, 3.63) is 71.8 Å². The van der Waals surface area contributed by atoms with Crippen LogP contribution in [0.25, 0.3) is 10.8 Å². The number of carbonyl (C=O) groups excluding carboxylic acids is 2. The first kappa shape index (κ1) is 26.7. The van der Waals surface area contributed by atoms with Crippen LogP contribution in [0, 0.1) is 12.8 Å². The topological polar surface area (TPSA) is 76.7 Å². The second kappa shape index (κ2) is 12.3. The third kappa shape index (κ3) is 6.21. The number of fused-ring (bicyclic) bond motifs is 1. The van der Waals surface area contributed by atoms with Crippen molar-refractivity contribution in [3.8, 4) is 0 Å². The number of likely N-dealkylation sites (tertiary alicyclic amines) is 1. The Hall–Kier alpha value is -2.91. The van der Waals surface area contributed by atoms with E-state index in [1.807, 2.05) is 54.3 Å². The first-order valence-electron chi connectivity index (χ1n) is 13.5. The number of hydrogen-bond donors (Lipinski definition) is 3. The molecular weight excluding hydrogens is 494 g/mol. The summed E-state index contributed by atoms with van der Waals surface area (Å²) in [4.78, 5) is 31.2. The summed E-state index contributed by atoms with van der Waals surface area (Å²) in [6.07, 6.45) is 0.934. The van der Waals surface area contributed by atoms with Crippen LogP contribution in [-0.2, 0) is 4.79 Å². The third-order valence-electron chi connectivity index (χ3n) is 7.67. The Morgan fingerprint density at radius 2 is 1.71 bits per heavy atom. The summed E-state index contributed by atoms with van der Waals surface area (Å²) in [5.41, 5.74) is 2.45. The summed E-state index contributed by atoms with van der Waals surface area (Å²) >= 11 is 1.64. The molecule has 38 heavy (non-hydrogen) atoms. The molecular formula is C30H37N5O2S. The SMILES string of the molecule is Cc1ccccc1C(=O)Nc1ccc(SNC2CCN(C(=O)CN3CCNCC3)C[C@H]2C)c2ccccc12. The lowest BCUT2D eigenvalue weighted by molar-refractivity contribution is -0.134. The van der Waals surface area contributed by atoms with E-state index >= 15 is 0 Å². The molecule has 0 bridgehead atoms. The maximum absolute atomic E-state index is 13.0. The summed E-state index contributed by atoms with van der Waals surface area (Å²) in [5.74, 6) is 0.514. The van der Waals surface area contributed by atoms with Crippen LogP contribution in [0.4, 0.5) is 5.69 Å². The lowest BCUT2D eigenvalue weighted by atomic mass is 9.95. The fourth-order valence-electron chi connectivity index (χ4n) is 5.33. The van der Waals surface area contributed by atoms with Crippen LogP contribution in [0.2, 0.25) is 0 Å². The number of carbonyl (C=O) groups is 2. The van der Waals surface area contributed by atoms with Crippen LogP contribution in [0.3, 0.4) is 0 Å². The Balaban J connectivity index is 1.21. The number of rotatable bonds is 7. The van der Waals surface area contributed by atoms with Crippen molar-refractivity contribution in [1.29, 1.82) is 0 Å². The van der Waals surface area contributed by atoms with Crippen LogP contribution >= 0.6 is 11.9 Å². The molecule has 0 spiro atoms. The van der Waals surface area contributed by atoms with Gasteiger partial charge in [0, 0.05) is 66.8 Å².